The quantitative estimate of drug-likeness (QED) is 0.818. The lowest BCUT2D eigenvalue weighted by Gasteiger charge is -2.09. The summed E-state index contributed by atoms with van der Waals surface area (Å²) in [5.74, 6) is 0.951. The first-order chi connectivity index (χ1) is 7.20. The summed E-state index contributed by atoms with van der Waals surface area (Å²) in [7, 11) is 0. The molecule has 1 N–H and O–H groups in total. The average molecular weight is 242 g/mol. The number of carbonyl (C=O) groups excluding carboxylic acids is 1. The van der Waals surface area contributed by atoms with Gasteiger partial charge >= 0.3 is 0 Å². The first-order valence-electron chi connectivity index (χ1n) is 4.91. The Morgan fingerprint density at radius 1 is 1.60 bits per heavy atom. The van der Waals surface area contributed by atoms with Crippen molar-refractivity contribution in [3.05, 3.63) is 28.8 Å². The molecule has 1 amide bonds. The third-order valence-electron chi connectivity index (χ3n) is 2.43. The van der Waals surface area contributed by atoms with Crippen molar-refractivity contribution in [2.45, 2.75) is 24.3 Å². The summed E-state index contributed by atoms with van der Waals surface area (Å²) in [5.41, 5.74) is 2.00. The predicted octanol–water partition coefficient (Wildman–Crippen LogP) is 3.30. The molecule has 1 aromatic rings. The van der Waals surface area contributed by atoms with E-state index in [9.17, 15) is 4.79 Å². The molecule has 1 aromatic carbocycles. The molecule has 0 radical (unpaired) electrons. The van der Waals surface area contributed by atoms with Crippen LogP contribution in [-0.4, -0.2) is 11.2 Å². The Morgan fingerprint density at radius 3 is 3.13 bits per heavy atom. The summed E-state index contributed by atoms with van der Waals surface area (Å²) in [4.78, 5) is 11.7. The van der Waals surface area contributed by atoms with Crippen LogP contribution in [0.25, 0.3) is 0 Å². The minimum atomic E-state index is 0.0520. The van der Waals surface area contributed by atoms with Gasteiger partial charge in [0.05, 0.1) is 5.25 Å². The van der Waals surface area contributed by atoms with E-state index < -0.39 is 0 Å². The average Bonchev–Trinajstić information content (AvgIpc) is 2.35. The Kier molecular flexibility index (Phi) is 3.22. The highest BCUT2D eigenvalue weighted by Gasteiger charge is 2.22. The molecule has 2 rings (SSSR count). The predicted molar refractivity (Wildman–Crippen MR) is 65.5 cm³/mol. The zero-order chi connectivity index (χ0) is 10.8. The van der Waals surface area contributed by atoms with E-state index in [4.69, 9.17) is 11.6 Å². The fourth-order valence-corrected chi connectivity index (χ4v) is 2.82. The molecule has 0 saturated heterocycles. The molecule has 1 atom stereocenters. The molecule has 1 heterocycles. The molecule has 1 aliphatic heterocycles. The number of rotatable bonds is 1. The van der Waals surface area contributed by atoms with Gasteiger partial charge < -0.3 is 5.32 Å². The molecular formula is C11H12ClNOS. The van der Waals surface area contributed by atoms with Gasteiger partial charge in [-0.3, -0.25) is 4.79 Å². The number of hydrogen-bond donors (Lipinski definition) is 1. The third-order valence-corrected chi connectivity index (χ3v) is 4.10. The van der Waals surface area contributed by atoms with Crippen LogP contribution in [-0.2, 0) is 10.5 Å². The maximum Gasteiger partial charge on any atom is 0.237 e. The standard InChI is InChI=1S/C11H12ClNOS/c1-2-10-11(14)13-9-5-8(12)4-3-7(9)6-15-10/h3-5,10H,2,6H2,1H3,(H,13,14). The Labute approximate surface area is 98.4 Å². The van der Waals surface area contributed by atoms with Gasteiger partial charge in [0.25, 0.3) is 0 Å². The number of amides is 1. The largest absolute Gasteiger partial charge is 0.325 e. The van der Waals surface area contributed by atoms with E-state index in [1.165, 1.54) is 0 Å². The zero-order valence-corrected chi connectivity index (χ0v) is 9.99. The Bertz CT molecular complexity index is 394. The number of benzene rings is 1. The first kappa shape index (κ1) is 10.8. The lowest BCUT2D eigenvalue weighted by atomic mass is 10.2. The molecule has 2 nitrogen and oxygen atoms in total. The van der Waals surface area contributed by atoms with Crippen molar-refractivity contribution in [3.8, 4) is 0 Å². The maximum absolute atomic E-state index is 11.7. The first-order valence-corrected chi connectivity index (χ1v) is 6.34. The van der Waals surface area contributed by atoms with Gasteiger partial charge in [0.15, 0.2) is 0 Å². The highest BCUT2D eigenvalue weighted by Crippen LogP contribution is 2.31. The van der Waals surface area contributed by atoms with Crippen molar-refractivity contribution < 1.29 is 4.79 Å². The summed E-state index contributed by atoms with van der Waals surface area (Å²) in [6, 6.07) is 5.65. The minimum absolute atomic E-state index is 0.0520. The van der Waals surface area contributed by atoms with E-state index in [1.807, 2.05) is 25.1 Å². The number of fused-ring (bicyclic) bond motifs is 1. The van der Waals surface area contributed by atoms with Crippen LogP contribution in [0.5, 0.6) is 0 Å². The second-order valence-electron chi connectivity index (χ2n) is 3.50. The van der Waals surface area contributed by atoms with E-state index >= 15 is 0 Å². The molecular weight excluding hydrogens is 230 g/mol. The molecule has 15 heavy (non-hydrogen) atoms. The zero-order valence-electron chi connectivity index (χ0n) is 8.42. The van der Waals surface area contributed by atoms with Crippen LogP contribution in [0.1, 0.15) is 18.9 Å². The van der Waals surface area contributed by atoms with Crippen molar-refractivity contribution in [1.29, 1.82) is 0 Å². The van der Waals surface area contributed by atoms with Gasteiger partial charge in [-0.1, -0.05) is 24.6 Å². The highest BCUT2D eigenvalue weighted by atomic mass is 35.5. The van der Waals surface area contributed by atoms with Crippen molar-refractivity contribution in [2.24, 2.45) is 0 Å². The van der Waals surface area contributed by atoms with Crippen molar-refractivity contribution in [3.63, 3.8) is 0 Å². The lowest BCUT2D eigenvalue weighted by Crippen LogP contribution is -2.22. The van der Waals surface area contributed by atoms with Crippen LogP contribution in [0.2, 0.25) is 5.02 Å². The van der Waals surface area contributed by atoms with Gasteiger partial charge in [-0.25, -0.2) is 0 Å². The molecule has 0 spiro atoms. The molecule has 0 aromatic heterocycles. The van der Waals surface area contributed by atoms with E-state index in [2.05, 4.69) is 5.32 Å². The van der Waals surface area contributed by atoms with E-state index in [1.54, 1.807) is 11.8 Å². The van der Waals surface area contributed by atoms with Crippen LogP contribution < -0.4 is 5.32 Å². The Balaban J connectivity index is 2.31. The summed E-state index contributed by atoms with van der Waals surface area (Å²) in [6.07, 6.45) is 0.859. The van der Waals surface area contributed by atoms with Crippen molar-refractivity contribution in [2.75, 3.05) is 5.32 Å². The molecule has 80 valence electrons. The van der Waals surface area contributed by atoms with Gasteiger partial charge in [-0.15, -0.1) is 11.8 Å². The number of nitrogens with one attached hydrogen (secondary N) is 1. The van der Waals surface area contributed by atoms with Gasteiger partial charge in [-0.05, 0) is 24.1 Å². The Morgan fingerprint density at radius 2 is 2.40 bits per heavy atom. The molecule has 0 saturated carbocycles. The van der Waals surface area contributed by atoms with Gasteiger partial charge in [0.2, 0.25) is 5.91 Å². The Hall–Kier alpha value is -0.670. The second kappa shape index (κ2) is 4.45. The molecule has 1 aliphatic rings. The fourth-order valence-electron chi connectivity index (χ4n) is 1.57. The smallest absolute Gasteiger partial charge is 0.237 e. The molecule has 0 bridgehead atoms. The van der Waals surface area contributed by atoms with Crippen molar-refractivity contribution >= 4 is 35.0 Å². The van der Waals surface area contributed by atoms with Gasteiger partial charge in [0, 0.05) is 16.5 Å². The van der Waals surface area contributed by atoms with E-state index in [0.717, 1.165) is 23.4 Å². The molecule has 1 unspecified atom stereocenters. The minimum Gasteiger partial charge on any atom is -0.325 e. The van der Waals surface area contributed by atoms with Crippen LogP contribution in [0, 0.1) is 0 Å². The number of halogens is 1. The number of carbonyl (C=O) groups is 1. The molecule has 0 fully saturated rings. The van der Waals surface area contributed by atoms with E-state index in [-0.39, 0.29) is 11.2 Å². The maximum atomic E-state index is 11.7. The van der Waals surface area contributed by atoms with Crippen LogP contribution >= 0.6 is 23.4 Å². The molecule has 0 aliphatic carbocycles. The second-order valence-corrected chi connectivity index (χ2v) is 5.13. The van der Waals surface area contributed by atoms with Crippen LogP contribution in [0.3, 0.4) is 0 Å². The number of thioether (sulfide) groups is 1. The van der Waals surface area contributed by atoms with Gasteiger partial charge in [-0.2, -0.15) is 0 Å². The monoisotopic (exact) mass is 241 g/mol. The lowest BCUT2D eigenvalue weighted by molar-refractivity contribution is -0.115. The summed E-state index contributed by atoms with van der Waals surface area (Å²) >= 11 is 7.58. The summed E-state index contributed by atoms with van der Waals surface area (Å²) in [6.45, 7) is 2.03. The van der Waals surface area contributed by atoms with Crippen LogP contribution in [0.15, 0.2) is 18.2 Å². The molecule has 4 heteroatoms. The SMILES string of the molecule is CCC1SCc2ccc(Cl)cc2NC1=O. The normalized spacial score (nSPS) is 20.4. The van der Waals surface area contributed by atoms with Crippen molar-refractivity contribution in [1.82, 2.24) is 0 Å². The number of anilines is 1. The fraction of sp³-hybridized carbons (Fsp3) is 0.364. The van der Waals surface area contributed by atoms with Crippen LogP contribution in [0.4, 0.5) is 5.69 Å². The topological polar surface area (TPSA) is 29.1 Å². The third kappa shape index (κ3) is 2.29. The summed E-state index contributed by atoms with van der Waals surface area (Å²) in [5, 5.41) is 3.63. The van der Waals surface area contributed by atoms with Gasteiger partial charge in [0.1, 0.15) is 0 Å². The summed E-state index contributed by atoms with van der Waals surface area (Å²) < 4.78 is 0. The number of hydrogen-bond acceptors (Lipinski definition) is 2. The van der Waals surface area contributed by atoms with E-state index in [0.29, 0.717) is 5.02 Å². The highest BCUT2D eigenvalue weighted by molar-refractivity contribution is 7.99.